The minimum atomic E-state index is 0.263. The first kappa shape index (κ1) is 7.58. The molecule has 1 atom stereocenters. The molecule has 2 nitrogen and oxygen atoms in total. The van der Waals surface area contributed by atoms with Crippen molar-refractivity contribution in [2.75, 3.05) is 6.54 Å². The molecule has 0 amide bonds. The van der Waals surface area contributed by atoms with Gasteiger partial charge in [-0.05, 0) is 5.41 Å². The quantitative estimate of drug-likeness (QED) is 0.372. The van der Waals surface area contributed by atoms with Gasteiger partial charge in [0.1, 0.15) is 0 Å². The molecular weight excluding hydrogens is 126 g/mol. The van der Waals surface area contributed by atoms with E-state index < -0.39 is 0 Å². The van der Waals surface area contributed by atoms with Crippen molar-refractivity contribution in [2.24, 2.45) is 11.3 Å². The highest BCUT2D eigenvalue weighted by Crippen LogP contribution is 2.29. The zero-order chi connectivity index (χ0) is 7.78. The van der Waals surface area contributed by atoms with Crippen LogP contribution in [0, 0.1) is 16.5 Å². The van der Waals surface area contributed by atoms with Gasteiger partial charge in [0, 0.05) is 12.3 Å². The fourth-order valence-electron chi connectivity index (χ4n) is 1.27. The van der Waals surface area contributed by atoms with Crippen molar-refractivity contribution in [2.45, 2.75) is 27.2 Å². The first-order valence-corrected chi connectivity index (χ1v) is 3.79. The molecule has 0 aliphatic carbocycles. The van der Waals surface area contributed by atoms with E-state index in [4.69, 9.17) is 0 Å². The van der Waals surface area contributed by atoms with Gasteiger partial charge >= 0.3 is 0 Å². The number of hydrogen-bond acceptors (Lipinski definition) is 1. The predicted octanol–water partition coefficient (Wildman–Crippen LogP) is 1.63. The lowest BCUT2D eigenvalue weighted by molar-refractivity contribution is -0.443. The van der Waals surface area contributed by atoms with Crippen LogP contribution in [0.25, 0.3) is 0 Å². The monoisotopic (exact) mass is 141 g/mol. The average molecular weight is 141 g/mol. The van der Waals surface area contributed by atoms with Crippen LogP contribution in [0.15, 0.2) is 0 Å². The molecule has 0 saturated carbocycles. The maximum atomic E-state index is 10.8. The smallest absolute Gasteiger partial charge is 0.154 e. The Morgan fingerprint density at radius 1 is 1.50 bits per heavy atom. The van der Waals surface area contributed by atoms with Crippen molar-refractivity contribution in [1.82, 2.24) is 0 Å². The fourth-order valence-corrected chi connectivity index (χ4v) is 1.27. The van der Waals surface area contributed by atoms with Crippen LogP contribution in [0.4, 0.5) is 0 Å². The summed E-state index contributed by atoms with van der Waals surface area (Å²) in [6, 6.07) is 0. The second-order valence-electron chi connectivity index (χ2n) is 4.05. The van der Waals surface area contributed by atoms with E-state index in [1.54, 1.807) is 6.21 Å². The molecule has 58 valence electrons. The molecule has 0 unspecified atom stereocenters. The van der Waals surface area contributed by atoms with E-state index in [0.717, 1.165) is 11.2 Å². The molecule has 0 fully saturated rings. The summed E-state index contributed by atoms with van der Waals surface area (Å²) in [6.45, 7) is 7.20. The van der Waals surface area contributed by atoms with Crippen molar-refractivity contribution in [3.05, 3.63) is 5.21 Å². The van der Waals surface area contributed by atoms with Crippen molar-refractivity contribution in [1.29, 1.82) is 0 Å². The molecule has 2 heteroatoms. The summed E-state index contributed by atoms with van der Waals surface area (Å²) in [6.07, 6.45) is 2.83. The Balaban J connectivity index is 2.61. The normalized spacial score (nSPS) is 26.7. The van der Waals surface area contributed by atoms with E-state index in [2.05, 4.69) is 20.8 Å². The summed E-state index contributed by atoms with van der Waals surface area (Å²) in [5.41, 5.74) is 0.263. The summed E-state index contributed by atoms with van der Waals surface area (Å²) in [5, 5.41) is 10.8. The Kier molecular flexibility index (Phi) is 1.71. The molecule has 0 radical (unpaired) electrons. The maximum absolute atomic E-state index is 10.8. The van der Waals surface area contributed by atoms with Gasteiger partial charge in [-0.1, -0.05) is 20.8 Å². The average Bonchev–Trinajstić information content (AvgIpc) is 2.11. The van der Waals surface area contributed by atoms with Gasteiger partial charge < -0.3 is 5.21 Å². The molecule has 0 aromatic rings. The van der Waals surface area contributed by atoms with E-state index in [0.29, 0.717) is 12.5 Å². The molecular formula is C8H15NO. The van der Waals surface area contributed by atoms with Gasteiger partial charge in [-0.25, -0.2) is 4.74 Å². The largest absolute Gasteiger partial charge is 0.624 e. The topological polar surface area (TPSA) is 26.1 Å². The van der Waals surface area contributed by atoms with Crippen LogP contribution in [0.1, 0.15) is 27.2 Å². The molecule has 0 N–H and O–H groups in total. The standard InChI is InChI=1S/C8H15NO/c1-8(2,3)7-4-5-9(10)6-7/h6-7H,4-5H2,1-3H3/t7-/m0/s1. The Hall–Kier alpha value is -0.530. The van der Waals surface area contributed by atoms with Crippen LogP contribution >= 0.6 is 0 Å². The lowest BCUT2D eigenvalue weighted by atomic mass is 9.81. The Morgan fingerprint density at radius 2 is 2.10 bits per heavy atom. The van der Waals surface area contributed by atoms with Crippen LogP contribution < -0.4 is 0 Å². The third kappa shape index (κ3) is 1.49. The van der Waals surface area contributed by atoms with Crippen molar-refractivity contribution in [3.8, 4) is 0 Å². The van der Waals surface area contributed by atoms with Gasteiger partial charge in [0.05, 0.1) is 0 Å². The molecule has 10 heavy (non-hydrogen) atoms. The number of hydroxylamine groups is 1. The van der Waals surface area contributed by atoms with E-state index in [9.17, 15) is 5.21 Å². The van der Waals surface area contributed by atoms with Crippen LogP contribution in [-0.4, -0.2) is 17.5 Å². The third-order valence-corrected chi connectivity index (χ3v) is 2.12. The SMILES string of the molecule is CC(C)(C)[C@@H]1C=[N+]([O-])CC1. The van der Waals surface area contributed by atoms with Crippen molar-refractivity contribution in [3.63, 3.8) is 0 Å². The van der Waals surface area contributed by atoms with Crippen molar-refractivity contribution < 1.29 is 4.74 Å². The zero-order valence-electron chi connectivity index (χ0n) is 6.92. The molecule has 0 aromatic carbocycles. The van der Waals surface area contributed by atoms with Gasteiger partial charge in [-0.3, -0.25) is 0 Å². The lowest BCUT2D eigenvalue weighted by Gasteiger charge is -2.21. The second-order valence-corrected chi connectivity index (χ2v) is 4.05. The zero-order valence-corrected chi connectivity index (χ0v) is 6.92. The second kappa shape index (κ2) is 2.26. The van der Waals surface area contributed by atoms with Gasteiger partial charge in [0.15, 0.2) is 12.8 Å². The highest BCUT2D eigenvalue weighted by atomic mass is 16.5. The number of rotatable bonds is 0. The lowest BCUT2D eigenvalue weighted by Crippen LogP contribution is -2.19. The summed E-state index contributed by atoms with van der Waals surface area (Å²) in [7, 11) is 0. The summed E-state index contributed by atoms with van der Waals surface area (Å²) < 4.78 is 1.05. The van der Waals surface area contributed by atoms with E-state index >= 15 is 0 Å². The van der Waals surface area contributed by atoms with Crippen LogP contribution in [-0.2, 0) is 0 Å². The van der Waals surface area contributed by atoms with Gasteiger partial charge in [0.25, 0.3) is 0 Å². The molecule has 0 bridgehead atoms. The Bertz CT molecular complexity index is 155. The molecule has 0 saturated heterocycles. The summed E-state index contributed by atoms with van der Waals surface area (Å²) in [5.74, 6) is 0.477. The Morgan fingerprint density at radius 3 is 2.30 bits per heavy atom. The molecule has 1 aliphatic rings. The van der Waals surface area contributed by atoms with E-state index in [1.807, 2.05) is 0 Å². The third-order valence-electron chi connectivity index (χ3n) is 2.12. The molecule has 1 aliphatic heterocycles. The summed E-state index contributed by atoms with van der Waals surface area (Å²) in [4.78, 5) is 0. The summed E-state index contributed by atoms with van der Waals surface area (Å²) >= 11 is 0. The molecule has 1 heterocycles. The van der Waals surface area contributed by atoms with Gasteiger partial charge in [0.2, 0.25) is 0 Å². The molecule has 1 rings (SSSR count). The minimum absolute atomic E-state index is 0.263. The maximum Gasteiger partial charge on any atom is 0.154 e. The highest BCUT2D eigenvalue weighted by molar-refractivity contribution is 5.57. The highest BCUT2D eigenvalue weighted by Gasteiger charge is 2.30. The first-order chi connectivity index (χ1) is 4.50. The molecule has 0 spiro atoms. The predicted molar refractivity (Wildman–Crippen MR) is 42.1 cm³/mol. The van der Waals surface area contributed by atoms with E-state index in [-0.39, 0.29) is 5.41 Å². The number of nitrogens with zero attached hydrogens (tertiary/aromatic N) is 1. The van der Waals surface area contributed by atoms with E-state index in [1.165, 1.54) is 0 Å². The molecule has 0 aromatic heterocycles. The Labute approximate surface area is 62.1 Å². The van der Waals surface area contributed by atoms with Crippen LogP contribution in [0.2, 0.25) is 0 Å². The van der Waals surface area contributed by atoms with Crippen LogP contribution in [0.5, 0.6) is 0 Å². The first-order valence-electron chi connectivity index (χ1n) is 3.79. The van der Waals surface area contributed by atoms with Gasteiger partial charge in [-0.2, -0.15) is 0 Å². The number of hydrogen-bond donors (Lipinski definition) is 0. The van der Waals surface area contributed by atoms with Gasteiger partial charge in [-0.15, -0.1) is 0 Å². The van der Waals surface area contributed by atoms with Crippen molar-refractivity contribution >= 4 is 6.21 Å². The minimum Gasteiger partial charge on any atom is -0.624 e. The fraction of sp³-hybridized carbons (Fsp3) is 0.875. The van der Waals surface area contributed by atoms with Crippen LogP contribution in [0.3, 0.4) is 0 Å².